The Bertz CT molecular complexity index is 1280. The number of nitrogens with zero attached hydrogens (tertiary/aromatic N) is 3. The molecule has 2 heterocycles. The average Bonchev–Trinajstić information content (AvgIpc) is 3.31. The van der Waals surface area contributed by atoms with Crippen LogP contribution in [0.5, 0.6) is 17.2 Å². The number of halogens is 3. The van der Waals surface area contributed by atoms with Gasteiger partial charge in [0, 0.05) is 11.6 Å². The lowest BCUT2D eigenvalue weighted by Crippen LogP contribution is -2.25. The molecule has 33 heavy (non-hydrogen) atoms. The first-order chi connectivity index (χ1) is 15.8. The van der Waals surface area contributed by atoms with Crippen LogP contribution >= 0.6 is 0 Å². The predicted octanol–water partition coefficient (Wildman–Crippen LogP) is 4.71. The number of benzene rings is 2. The van der Waals surface area contributed by atoms with E-state index in [0.717, 1.165) is 6.42 Å². The van der Waals surface area contributed by atoms with Gasteiger partial charge < -0.3 is 19.3 Å². The van der Waals surface area contributed by atoms with Crippen molar-refractivity contribution < 1.29 is 32.5 Å². The number of rotatable bonds is 4. The minimum atomic E-state index is -3.73. The Morgan fingerprint density at radius 2 is 2.03 bits per heavy atom. The smallest absolute Gasteiger partial charge is 0.483 e. The molecule has 0 radical (unpaired) electrons. The zero-order valence-electron chi connectivity index (χ0n) is 17.4. The number of hydrogen-bond donors (Lipinski definition) is 1. The van der Waals surface area contributed by atoms with Crippen LogP contribution in [-0.4, -0.2) is 21.2 Å². The molecule has 5 rings (SSSR count). The Labute approximate surface area is 186 Å². The molecule has 1 N–H and O–H groups in total. The summed E-state index contributed by atoms with van der Waals surface area (Å²) in [5.74, 6) is -0.973. The van der Waals surface area contributed by atoms with E-state index in [-0.39, 0.29) is 22.9 Å². The summed E-state index contributed by atoms with van der Waals surface area (Å²) in [6, 6.07) is 10.4. The third-order valence-electron chi connectivity index (χ3n) is 5.71. The molecule has 0 unspecified atom stereocenters. The molecule has 0 amide bonds. The van der Waals surface area contributed by atoms with E-state index in [4.69, 9.17) is 4.74 Å². The van der Waals surface area contributed by atoms with Crippen molar-refractivity contribution in [1.29, 1.82) is 5.26 Å². The molecule has 1 aromatic heterocycles. The van der Waals surface area contributed by atoms with Gasteiger partial charge in [-0.25, -0.2) is 9.07 Å². The zero-order valence-corrected chi connectivity index (χ0v) is 17.4. The van der Waals surface area contributed by atoms with Gasteiger partial charge in [0.05, 0.1) is 17.5 Å². The van der Waals surface area contributed by atoms with Crippen LogP contribution in [0.4, 0.5) is 13.2 Å². The maximum atomic E-state index is 14.6. The molecule has 170 valence electrons. The predicted molar refractivity (Wildman–Crippen MR) is 108 cm³/mol. The maximum absolute atomic E-state index is 14.6. The molecule has 0 saturated carbocycles. The van der Waals surface area contributed by atoms with E-state index >= 15 is 0 Å². The van der Waals surface area contributed by atoms with E-state index in [1.165, 1.54) is 41.1 Å². The number of fused-ring (bicyclic) bond motifs is 2. The molecule has 1 aliphatic carbocycles. The van der Waals surface area contributed by atoms with Gasteiger partial charge in [-0.1, -0.05) is 6.07 Å². The summed E-state index contributed by atoms with van der Waals surface area (Å²) < 4.78 is 57.2. The normalized spacial score (nSPS) is 19.0. The third-order valence-corrected chi connectivity index (χ3v) is 5.71. The molecule has 10 heteroatoms. The number of ether oxygens (including phenoxy) is 3. The van der Waals surface area contributed by atoms with Gasteiger partial charge in [-0.2, -0.15) is 10.4 Å². The van der Waals surface area contributed by atoms with Crippen LogP contribution in [0, 0.1) is 17.1 Å². The highest BCUT2D eigenvalue weighted by atomic mass is 19.3. The van der Waals surface area contributed by atoms with E-state index in [9.17, 15) is 23.5 Å². The summed E-state index contributed by atoms with van der Waals surface area (Å²) >= 11 is 0. The van der Waals surface area contributed by atoms with E-state index < -0.39 is 24.3 Å². The SMILES string of the molecule is C[C@H](Oc1cc(-n2nc(C#N)c3c2[C@H](O)CCC3)ccc1F)c1ccc2c(c1)OC(F)(F)O2. The average molecular weight is 457 g/mol. The van der Waals surface area contributed by atoms with Gasteiger partial charge in [0.25, 0.3) is 0 Å². The van der Waals surface area contributed by atoms with E-state index in [1.54, 1.807) is 6.92 Å². The van der Waals surface area contributed by atoms with Crippen molar-refractivity contribution in [3.8, 4) is 29.0 Å². The quantitative estimate of drug-likeness (QED) is 0.610. The summed E-state index contributed by atoms with van der Waals surface area (Å²) in [5.41, 5.74) is 2.32. The molecule has 2 atom stereocenters. The highest BCUT2D eigenvalue weighted by Crippen LogP contribution is 2.42. The van der Waals surface area contributed by atoms with Crippen LogP contribution in [0.1, 0.15) is 54.5 Å². The van der Waals surface area contributed by atoms with Gasteiger partial charge in [0.1, 0.15) is 12.2 Å². The lowest BCUT2D eigenvalue weighted by molar-refractivity contribution is -0.286. The van der Waals surface area contributed by atoms with Crippen LogP contribution < -0.4 is 14.2 Å². The molecule has 0 spiro atoms. The molecular weight excluding hydrogens is 439 g/mol. The standard InChI is InChI=1S/C23H18F3N3O4/c1-12(13-5-8-19-21(9-13)33-23(25,26)32-19)31-20-10-14(6-7-16(20)24)29-22-15(17(11-27)28-29)3-2-4-18(22)30/h5-10,12,18,30H,2-4H2,1H3/t12-,18+/m0/s1. The number of aliphatic hydroxyl groups excluding tert-OH is 1. The van der Waals surface area contributed by atoms with Crippen molar-refractivity contribution in [2.75, 3.05) is 0 Å². The molecule has 3 aromatic rings. The van der Waals surface area contributed by atoms with Gasteiger partial charge in [0.15, 0.2) is 28.8 Å². The molecular formula is C23H18F3N3O4. The van der Waals surface area contributed by atoms with Gasteiger partial charge in [-0.15, -0.1) is 8.78 Å². The zero-order chi connectivity index (χ0) is 23.3. The largest absolute Gasteiger partial charge is 0.586 e. The van der Waals surface area contributed by atoms with Crippen LogP contribution in [0.15, 0.2) is 36.4 Å². The van der Waals surface area contributed by atoms with Crippen LogP contribution in [0.2, 0.25) is 0 Å². The number of nitriles is 1. The molecule has 2 aliphatic rings. The summed E-state index contributed by atoms with van der Waals surface area (Å²) in [6.07, 6.45) is -3.34. The number of alkyl halides is 2. The Morgan fingerprint density at radius 3 is 2.82 bits per heavy atom. The fourth-order valence-electron chi connectivity index (χ4n) is 4.14. The van der Waals surface area contributed by atoms with Crippen molar-refractivity contribution in [3.63, 3.8) is 0 Å². The second kappa shape index (κ2) is 7.71. The van der Waals surface area contributed by atoms with Crippen LogP contribution in [0.25, 0.3) is 5.69 Å². The van der Waals surface area contributed by atoms with Crippen LogP contribution in [0.3, 0.4) is 0 Å². The minimum Gasteiger partial charge on any atom is -0.483 e. The summed E-state index contributed by atoms with van der Waals surface area (Å²) in [6.45, 7) is 1.63. The van der Waals surface area contributed by atoms with Crippen molar-refractivity contribution in [1.82, 2.24) is 9.78 Å². The second-order valence-electron chi connectivity index (χ2n) is 7.89. The van der Waals surface area contributed by atoms with Crippen LogP contribution in [-0.2, 0) is 6.42 Å². The van der Waals surface area contributed by atoms with Gasteiger partial charge >= 0.3 is 6.29 Å². The van der Waals surface area contributed by atoms with Crippen molar-refractivity contribution in [2.45, 2.75) is 44.7 Å². The third kappa shape index (κ3) is 3.74. The molecule has 0 saturated heterocycles. The van der Waals surface area contributed by atoms with Gasteiger partial charge in [0.2, 0.25) is 0 Å². The highest BCUT2D eigenvalue weighted by molar-refractivity contribution is 5.48. The fourth-order valence-corrected chi connectivity index (χ4v) is 4.14. The first-order valence-electron chi connectivity index (χ1n) is 10.3. The number of aliphatic hydroxyl groups is 1. The summed E-state index contributed by atoms with van der Waals surface area (Å²) in [7, 11) is 0. The Kier molecular flexibility index (Phi) is 4.94. The lowest BCUT2D eigenvalue weighted by Gasteiger charge is -2.20. The topological polar surface area (TPSA) is 89.5 Å². The number of hydrogen-bond acceptors (Lipinski definition) is 6. The minimum absolute atomic E-state index is 0.0977. The summed E-state index contributed by atoms with van der Waals surface area (Å²) in [4.78, 5) is 0. The van der Waals surface area contributed by atoms with Crippen molar-refractivity contribution in [2.24, 2.45) is 0 Å². The molecule has 7 nitrogen and oxygen atoms in total. The maximum Gasteiger partial charge on any atom is 0.586 e. The van der Waals surface area contributed by atoms with E-state index in [2.05, 4.69) is 14.6 Å². The highest BCUT2D eigenvalue weighted by Gasteiger charge is 2.43. The van der Waals surface area contributed by atoms with Gasteiger partial charge in [-0.05, 0) is 56.0 Å². The Hall–Kier alpha value is -3.71. The van der Waals surface area contributed by atoms with Crippen molar-refractivity contribution in [3.05, 3.63) is 64.7 Å². The second-order valence-corrected chi connectivity index (χ2v) is 7.89. The summed E-state index contributed by atoms with van der Waals surface area (Å²) in [5, 5.41) is 24.2. The lowest BCUT2D eigenvalue weighted by atomic mass is 9.93. The Morgan fingerprint density at radius 1 is 1.24 bits per heavy atom. The van der Waals surface area contributed by atoms with E-state index in [0.29, 0.717) is 35.3 Å². The molecule has 1 aliphatic heterocycles. The van der Waals surface area contributed by atoms with E-state index in [1.807, 2.05) is 6.07 Å². The molecule has 2 aromatic carbocycles. The molecule has 0 fully saturated rings. The number of aromatic nitrogens is 2. The first-order valence-corrected chi connectivity index (χ1v) is 10.3. The molecule has 0 bridgehead atoms. The van der Waals surface area contributed by atoms with Crippen molar-refractivity contribution >= 4 is 0 Å². The van der Waals surface area contributed by atoms with Gasteiger partial charge in [-0.3, -0.25) is 0 Å². The first kappa shape index (κ1) is 21.2. The Balaban J connectivity index is 1.45. The monoisotopic (exact) mass is 457 g/mol. The fraction of sp³-hybridized carbons (Fsp3) is 0.304.